The first-order valence-electron chi connectivity index (χ1n) is 6.44. The summed E-state index contributed by atoms with van der Waals surface area (Å²) in [6.07, 6.45) is 2.44. The van der Waals surface area contributed by atoms with Gasteiger partial charge >= 0.3 is 0 Å². The van der Waals surface area contributed by atoms with Crippen molar-refractivity contribution in [3.05, 3.63) is 65.2 Å². The lowest BCUT2D eigenvalue weighted by Crippen LogP contribution is -1.90. The van der Waals surface area contributed by atoms with E-state index in [4.69, 9.17) is 0 Å². The van der Waals surface area contributed by atoms with Crippen LogP contribution in [0.2, 0.25) is 0 Å². The van der Waals surface area contributed by atoms with Crippen LogP contribution in [0.3, 0.4) is 0 Å². The van der Waals surface area contributed by atoms with E-state index in [9.17, 15) is 4.79 Å². The molecule has 19 heavy (non-hydrogen) atoms. The van der Waals surface area contributed by atoms with E-state index in [0.717, 1.165) is 6.42 Å². The Morgan fingerprint density at radius 2 is 1.47 bits per heavy atom. The van der Waals surface area contributed by atoms with E-state index in [1.807, 2.05) is 24.3 Å². The number of rotatable bonds is 4. The second-order valence-electron chi connectivity index (χ2n) is 4.94. The van der Waals surface area contributed by atoms with Gasteiger partial charge in [-0.1, -0.05) is 50.2 Å². The van der Waals surface area contributed by atoms with Crippen molar-refractivity contribution >= 4 is 11.8 Å². The lowest BCUT2D eigenvalue weighted by molar-refractivity contribution is 0.565. The van der Waals surface area contributed by atoms with Crippen molar-refractivity contribution in [3.63, 3.8) is 0 Å². The highest BCUT2D eigenvalue weighted by molar-refractivity contribution is 5.49. The fourth-order valence-electron chi connectivity index (χ4n) is 2.00. The zero-order chi connectivity index (χ0) is 13.7. The number of hydrogen-bond donors (Lipinski definition) is 0. The summed E-state index contributed by atoms with van der Waals surface area (Å²) in [5, 5.41) is 0. The molecule has 0 aromatic heterocycles. The lowest BCUT2D eigenvalue weighted by Gasteiger charge is -2.07. The number of isocyanates is 1. The van der Waals surface area contributed by atoms with Crippen LogP contribution < -0.4 is 0 Å². The third-order valence-corrected chi connectivity index (χ3v) is 3.17. The molecule has 2 heteroatoms. The molecule has 0 atom stereocenters. The highest BCUT2D eigenvalue weighted by Gasteiger charge is 2.00. The van der Waals surface area contributed by atoms with E-state index in [0.29, 0.717) is 11.6 Å². The van der Waals surface area contributed by atoms with Crippen LogP contribution in [-0.4, -0.2) is 6.08 Å². The van der Waals surface area contributed by atoms with Gasteiger partial charge in [0.05, 0.1) is 5.69 Å². The molecule has 0 fully saturated rings. The van der Waals surface area contributed by atoms with E-state index in [1.54, 1.807) is 6.08 Å². The Hall–Kier alpha value is -2.18. The first-order valence-corrected chi connectivity index (χ1v) is 6.44. The Balaban J connectivity index is 2.10. The van der Waals surface area contributed by atoms with E-state index in [2.05, 4.69) is 43.1 Å². The van der Waals surface area contributed by atoms with Crippen molar-refractivity contribution < 1.29 is 4.79 Å². The Morgan fingerprint density at radius 1 is 0.947 bits per heavy atom. The zero-order valence-corrected chi connectivity index (χ0v) is 11.3. The molecule has 0 radical (unpaired) electrons. The topological polar surface area (TPSA) is 29.4 Å². The molecule has 96 valence electrons. The Kier molecular flexibility index (Phi) is 4.27. The third kappa shape index (κ3) is 3.64. The minimum absolute atomic E-state index is 0.564. The number of hydrogen-bond acceptors (Lipinski definition) is 2. The van der Waals surface area contributed by atoms with Crippen molar-refractivity contribution in [2.45, 2.75) is 26.2 Å². The van der Waals surface area contributed by atoms with Gasteiger partial charge in [-0.3, -0.25) is 0 Å². The van der Waals surface area contributed by atoms with Crippen LogP contribution in [-0.2, 0) is 11.2 Å². The van der Waals surface area contributed by atoms with Gasteiger partial charge in [0.25, 0.3) is 0 Å². The summed E-state index contributed by atoms with van der Waals surface area (Å²) in [4.78, 5) is 13.7. The average Bonchev–Trinajstić information content (AvgIpc) is 2.42. The molecule has 0 saturated carbocycles. The maximum Gasteiger partial charge on any atom is 0.240 e. The minimum atomic E-state index is 0.564. The van der Waals surface area contributed by atoms with Crippen molar-refractivity contribution in [1.82, 2.24) is 0 Å². The van der Waals surface area contributed by atoms with E-state index in [-0.39, 0.29) is 0 Å². The van der Waals surface area contributed by atoms with Gasteiger partial charge in [0.2, 0.25) is 6.08 Å². The van der Waals surface area contributed by atoms with E-state index in [1.165, 1.54) is 16.7 Å². The molecule has 0 heterocycles. The van der Waals surface area contributed by atoms with Crippen LogP contribution in [0.15, 0.2) is 53.5 Å². The van der Waals surface area contributed by atoms with Crippen LogP contribution in [0.5, 0.6) is 0 Å². The molecule has 2 aromatic carbocycles. The van der Waals surface area contributed by atoms with Gasteiger partial charge in [0, 0.05) is 0 Å². The molecule has 2 nitrogen and oxygen atoms in total. The molecule has 0 aliphatic heterocycles. The summed E-state index contributed by atoms with van der Waals surface area (Å²) in [5.41, 5.74) is 4.51. The number of carbonyl (C=O) groups excluding carboxylic acids is 1. The summed E-state index contributed by atoms with van der Waals surface area (Å²) in [6, 6.07) is 16.4. The Morgan fingerprint density at radius 3 is 1.95 bits per heavy atom. The summed E-state index contributed by atoms with van der Waals surface area (Å²) in [7, 11) is 0. The maximum atomic E-state index is 10.1. The van der Waals surface area contributed by atoms with Crippen molar-refractivity contribution in [1.29, 1.82) is 0 Å². The van der Waals surface area contributed by atoms with E-state index >= 15 is 0 Å². The molecule has 0 bridgehead atoms. The number of aliphatic imine (C=N–C) groups is 1. The molecule has 2 aromatic rings. The molecule has 0 aliphatic rings. The number of benzene rings is 2. The monoisotopic (exact) mass is 251 g/mol. The van der Waals surface area contributed by atoms with Crippen molar-refractivity contribution in [2.24, 2.45) is 4.99 Å². The molecule has 0 unspecified atom stereocenters. The Bertz CT molecular complexity index is 576. The summed E-state index contributed by atoms with van der Waals surface area (Å²) < 4.78 is 0. The van der Waals surface area contributed by atoms with Crippen LogP contribution in [0.1, 0.15) is 36.5 Å². The predicted octanol–water partition coefficient (Wildman–Crippen LogP) is 4.37. The average molecular weight is 251 g/mol. The van der Waals surface area contributed by atoms with Gasteiger partial charge < -0.3 is 0 Å². The first kappa shape index (κ1) is 13.3. The first-order chi connectivity index (χ1) is 9.19. The van der Waals surface area contributed by atoms with Gasteiger partial charge in [-0.05, 0) is 41.2 Å². The van der Waals surface area contributed by atoms with Gasteiger partial charge in [0.15, 0.2) is 0 Å². The van der Waals surface area contributed by atoms with Crippen molar-refractivity contribution in [3.8, 4) is 0 Å². The molecule has 0 N–H and O–H groups in total. The molecule has 0 saturated heterocycles. The van der Waals surface area contributed by atoms with Crippen LogP contribution >= 0.6 is 0 Å². The van der Waals surface area contributed by atoms with Gasteiger partial charge in [-0.2, -0.15) is 4.99 Å². The third-order valence-electron chi connectivity index (χ3n) is 3.17. The predicted molar refractivity (Wildman–Crippen MR) is 77.6 cm³/mol. The highest BCUT2D eigenvalue weighted by atomic mass is 16.1. The maximum absolute atomic E-state index is 10.1. The van der Waals surface area contributed by atoms with Crippen LogP contribution in [0, 0.1) is 0 Å². The second-order valence-corrected chi connectivity index (χ2v) is 4.94. The fraction of sp³-hybridized carbons (Fsp3) is 0.235. The standard InChI is InChI=1S/C17H17NO/c1-13(2)16-7-3-14(4-8-16)11-15-5-9-17(10-6-15)18-12-19/h3-10,13H,11H2,1-2H3. The van der Waals surface area contributed by atoms with Gasteiger partial charge in [-0.25, -0.2) is 4.79 Å². The molecule has 0 aliphatic carbocycles. The summed E-state index contributed by atoms with van der Waals surface area (Å²) >= 11 is 0. The van der Waals surface area contributed by atoms with Gasteiger partial charge in [0.1, 0.15) is 0 Å². The fourth-order valence-corrected chi connectivity index (χ4v) is 2.00. The Labute approximate surface area is 113 Å². The SMILES string of the molecule is CC(C)c1ccc(Cc2ccc(N=C=O)cc2)cc1. The largest absolute Gasteiger partial charge is 0.240 e. The summed E-state index contributed by atoms with van der Waals surface area (Å²) in [5.74, 6) is 0.564. The molecular weight excluding hydrogens is 234 g/mol. The second kappa shape index (κ2) is 6.12. The highest BCUT2D eigenvalue weighted by Crippen LogP contribution is 2.18. The molecule has 2 rings (SSSR count). The van der Waals surface area contributed by atoms with Crippen LogP contribution in [0.4, 0.5) is 5.69 Å². The quantitative estimate of drug-likeness (QED) is 0.586. The molecule has 0 spiro atoms. The number of nitrogens with zero attached hydrogens (tertiary/aromatic N) is 1. The zero-order valence-electron chi connectivity index (χ0n) is 11.3. The van der Waals surface area contributed by atoms with Crippen molar-refractivity contribution in [2.75, 3.05) is 0 Å². The molecule has 0 amide bonds. The minimum Gasteiger partial charge on any atom is -0.211 e. The van der Waals surface area contributed by atoms with E-state index < -0.39 is 0 Å². The van der Waals surface area contributed by atoms with Crippen LogP contribution in [0.25, 0.3) is 0 Å². The van der Waals surface area contributed by atoms with Gasteiger partial charge in [-0.15, -0.1) is 0 Å². The normalized spacial score (nSPS) is 10.3. The molecular formula is C17H17NO. The lowest BCUT2D eigenvalue weighted by atomic mass is 9.99. The summed E-state index contributed by atoms with van der Waals surface area (Å²) in [6.45, 7) is 4.39. The smallest absolute Gasteiger partial charge is 0.211 e.